The summed E-state index contributed by atoms with van der Waals surface area (Å²) in [5.74, 6) is 3.88. The molecule has 0 aliphatic carbocycles. The highest BCUT2D eigenvalue weighted by atomic mass is 35.5. The normalized spacial score (nSPS) is 11.1. The Bertz CT molecular complexity index is 168. The first-order valence-corrected chi connectivity index (χ1v) is 11.3. The monoisotopic (exact) mass is 374 g/mol. The molecule has 1 nitrogen and oxygen atoms in total. The van der Waals surface area contributed by atoms with Crippen LogP contribution in [0.1, 0.15) is 77.0 Å². The summed E-state index contributed by atoms with van der Waals surface area (Å²) >= 11 is 14.5. The lowest BCUT2D eigenvalue weighted by Gasteiger charge is -2.03. The molecule has 0 aromatic rings. The summed E-state index contributed by atoms with van der Waals surface area (Å²) in [6.07, 6.45) is 15.4. The van der Waals surface area contributed by atoms with E-state index in [4.69, 9.17) is 26.8 Å². The smallest absolute Gasteiger partial charge is 0.0223 e. The van der Waals surface area contributed by atoms with E-state index >= 15 is 0 Å². The average molecular weight is 375 g/mol. The predicted octanol–water partition coefficient (Wildman–Crippen LogP) is 7.46. The first-order chi connectivity index (χ1) is 10.4. The van der Waals surface area contributed by atoms with Crippen LogP contribution in [0.5, 0.6) is 0 Å². The molecule has 0 radical (unpaired) electrons. The lowest BCUT2D eigenvalue weighted by molar-refractivity contribution is 0.622. The quantitative estimate of drug-likeness (QED) is 0.140. The first kappa shape index (κ1) is 22.2. The van der Waals surface area contributed by atoms with Gasteiger partial charge < -0.3 is 0 Å². The van der Waals surface area contributed by atoms with Gasteiger partial charge in [0.25, 0.3) is 0 Å². The standard InChI is InChI=1S/C16H32Cl2OS2/c17-13-9-5-1-3-7-11-15-20-19-21-16-12-8-4-2-6-10-14-18/h1-16H2. The van der Waals surface area contributed by atoms with Gasteiger partial charge in [0.1, 0.15) is 0 Å². The van der Waals surface area contributed by atoms with E-state index in [1.807, 2.05) is 0 Å². The van der Waals surface area contributed by atoms with Crippen molar-refractivity contribution in [3.05, 3.63) is 0 Å². The Balaban J connectivity index is 2.90. The lowest BCUT2D eigenvalue weighted by Crippen LogP contribution is -1.85. The minimum atomic E-state index is 0.814. The fourth-order valence-electron chi connectivity index (χ4n) is 2.03. The molecular formula is C16H32Cl2OS2. The summed E-state index contributed by atoms with van der Waals surface area (Å²) in [5, 5.41) is 0. The van der Waals surface area contributed by atoms with E-state index in [0.29, 0.717) is 0 Å². The van der Waals surface area contributed by atoms with Gasteiger partial charge in [-0.05, 0) is 25.7 Å². The SMILES string of the molecule is ClCCCCCCCCSOSCCCCCCCCCl. The van der Waals surface area contributed by atoms with Crippen molar-refractivity contribution in [3.63, 3.8) is 0 Å². The van der Waals surface area contributed by atoms with Gasteiger partial charge >= 0.3 is 0 Å². The Morgan fingerprint density at radius 3 is 1.19 bits per heavy atom. The third-order valence-electron chi connectivity index (χ3n) is 3.32. The molecule has 0 aliphatic heterocycles. The van der Waals surface area contributed by atoms with Gasteiger partial charge in [-0.3, -0.25) is 0 Å². The van der Waals surface area contributed by atoms with Gasteiger partial charge in [0.2, 0.25) is 0 Å². The highest BCUT2D eigenvalue weighted by Gasteiger charge is 1.95. The molecule has 0 atom stereocenters. The maximum Gasteiger partial charge on any atom is 0.0223 e. The second kappa shape index (κ2) is 21.2. The van der Waals surface area contributed by atoms with E-state index in [1.165, 1.54) is 77.0 Å². The fraction of sp³-hybridized carbons (Fsp3) is 1.00. The van der Waals surface area contributed by atoms with Gasteiger partial charge in [0, 0.05) is 47.4 Å². The highest BCUT2D eigenvalue weighted by Crippen LogP contribution is 2.19. The Morgan fingerprint density at radius 1 is 0.476 bits per heavy atom. The summed E-state index contributed by atoms with van der Waals surface area (Å²) in [6.45, 7) is 0. The second-order valence-electron chi connectivity index (χ2n) is 5.33. The number of alkyl halides is 2. The number of rotatable bonds is 18. The van der Waals surface area contributed by atoms with Gasteiger partial charge in [-0.15, -0.1) is 23.2 Å². The van der Waals surface area contributed by atoms with Crippen molar-refractivity contribution in [2.24, 2.45) is 0 Å². The third-order valence-corrected chi connectivity index (χ3v) is 5.53. The van der Waals surface area contributed by atoms with Crippen LogP contribution < -0.4 is 0 Å². The Labute approximate surface area is 151 Å². The van der Waals surface area contributed by atoms with Gasteiger partial charge in [0.05, 0.1) is 0 Å². The Kier molecular flexibility index (Phi) is 22.5. The van der Waals surface area contributed by atoms with Crippen molar-refractivity contribution in [2.75, 3.05) is 23.3 Å². The van der Waals surface area contributed by atoms with Crippen molar-refractivity contribution in [3.8, 4) is 0 Å². The Hall–Kier alpha value is 1.24. The van der Waals surface area contributed by atoms with Crippen LogP contribution in [0.4, 0.5) is 0 Å². The summed E-state index contributed by atoms with van der Waals surface area (Å²) < 4.78 is 5.52. The molecule has 0 aromatic carbocycles. The van der Waals surface area contributed by atoms with Crippen molar-refractivity contribution in [1.82, 2.24) is 0 Å². The van der Waals surface area contributed by atoms with E-state index in [1.54, 1.807) is 24.1 Å². The molecule has 0 aliphatic rings. The molecule has 0 unspecified atom stereocenters. The molecule has 0 aromatic heterocycles. The summed E-state index contributed by atoms with van der Waals surface area (Å²) in [5.41, 5.74) is 0. The van der Waals surface area contributed by atoms with Crippen molar-refractivity contribution in [2.45, 2.75) is 77.0 Å². The van der Waals surface area contributed by atoms with E-state index in [-0.39, 0.29) is 0 Å². The maximum atomic E-state index is 5.65. The predicted molar refractivity (Wildman–Crippen MR) is 103 cm³/mol. The molecule has 0 saturated carbocycles. The van der Waals surface area contributed by atoms with E-state index in [0.717, 1.165) is 23.3 Å². The van der Waals surface area contributed by atoms with Gasteiger partial charge in [-0.1, -0.05) is 51.4 Å². The third kappa shape index (κ3) is 21.2. The van der Waals surface area contributed by atoms with E-state index < -0.39 is 0 Å². The summed E-state index contributed by atoms with van der Waals surface area (Å²) in [6, 6.07) is 0. The molecule has 0 rings (SSSR count). The minimum absolute atomic E-state index is 0.814. The zero-order valence-electron chi connectivity index (χ0n) is 13.3. The van der Waals surface area contributed by atoms with Crippen LogP contribution in [0.3, 0.4) is 0 Å². The van der Waals surface area contributed by atoms with Crippen LogP contribution in [0.2, 0.25) is 0 Å². The van der Waals surface area contributed by atoms with Crippen molar-refractivity contribution in [1.29, 1.82) is 0 Å². The lowest BCUT2D eigenvalue weighted by atomic mass is 10.1. The average Bonchev–Trinajstić information content (AvgIpc) is 2.50. The zero-order chi connectivity index (χ0) is 15.4. The Morgan fingerprint density at radius 2 is 0.810 bits per heavy atom. The van der Waals surface area contributed by atoms with Crippen LogP contribution in [0, 0.1) is 0 Å². The molecule has 0 amide bonds. The number of hydrogen-bond acceptors (Lipinski definition) is 3. The first-order valence-electron chi connectivity index (χ1n) is 8.45. The molecular weight excluding hydrogens is 343 g/mol. The molecule has 0 spiro atoms. The molecule has 5 heteroatoms. The summed E-state index contributed by atoms with van der Waals surface area (Å²) in [7, 11) is 0. The molecule has 0 heterocycles. The molecule has 0 N–H and O–H groups in total. The van der Waals surface area contributed by atoms with Gasteiger partial charge in [0.15, 0.2) is 0 Å². The molecule has 0 saturated heterocycles. The van der Waals surface area contributed by atoms with Crippen molar-refractivity contribution >= 4 is 47.3 Å². The van der Waals surface area contributed by atoms with Crippen molar-refractivity contribution < 1.29 is 3.63 Å². The van der Waals surface area contributed by atoms with Crippen LogP contribution in [0.25, 0.3) is 0 Å². The second-order valence-corrected chi connectivity index (χ2v) is 7.92. The van der Waals surface area contributed by atoms with Crippen LogP contribution >= 0.6 is 47.3 Å². The largest absolute Gasteiger partial charge is 0.247 e. The molecule has 128 valence electrons. The zero-order valence-corrected chi connectivity index (χ0v) is 16.4. The van der Waals surface area contributed by atoms with Crippen LogP contribution in [-0.2, 0) is 3.63 Å². The maximum absolute atomic E-state index is 5.65. The number of hydrogen-bond donors (Lipinski definition) is 0. The number of unbranched alkanes of at least 4 members (excludes halogenated alkanes) is 10. The molecule has 0 bridgehead atoms. The number of halogens is 2. The topological polar surface area (TPSA) is 9.23 Å². The minimum Gasteiger partial charge on any atom is -0.247 e. The van der Waals surface area contributed by atoms with Gasteiger partial charge in [-0.2, -0.15) is 0 Å². The van der Waals surface area contributed by atoms with Crippen LogP contribution in [-0.4, -0.2) is 23.3 Å². The molecule has 0 fully saturated rings. The van der Waals surface area contributed by atoms with E-state index in [9.17, 15) is 0 Å². The van der Waals surface area contributed by atoms with E-state index in [2.05, 4.69) is 0 Å². The van der Waals surface area contributed by atoms with Crippen LogP contribution in [0.15, 0.2) is 0 Å². The highest BCUT2D eigenvalue weighted by molar-refractivity contribution is 8.07. The van der Waals surface area contributed by atoms with Gasteiger partial charge in [-0.25, -0.2) is 3.63 Å². The fourth-order valence-corrected chi connectivity index (χ4v) is 3.87. The summed E-state index contributed by atoms with van der Waals surface area (Å²) in [4.78, 5) is 0. The molecule has 21 heavy (non-hydrogen) atoms.